The van der Waals surface area contributed by atoms with Crippen LogP contribution in [0.3, 0.4) is 0 Å². The minimum atomic E-state index is -0.564. The summed E-state index contributed by atoms with van der Waals surface area (Å²) in [5.41, 5.74) is 1.03. The van der Waals surface area contributed by atoms with Gasteiger partial charge >= 0.3 is 6.09 Å². The van der Waals surface area contributed by atoms with Gasteiger partial charge in [0.1, 0.15) is 11.4 Å². The number of hydrogen-bond donors (Lipinski definition) is 1. The van der Waals surface area contributed by atoms with Crippen LogP contribution in [0, 0.1) is 0 Å². The van der Waals surface area contributed by atoms with Gasteiger partial charge in [0.25, 0.3) is 0 Å². The Balaban J connectivity index is 2.13. The second kappa shape index (κ2) is 7.11. The van der Waals surface area contributed by atoms with Crippen molar-refractivity contribution in [2.75, 3.05) is 26.0 Å². The largest absolute Gasteiger partial charge is 0.495 e. The molecule has 1 fully saturated rings. The number of nitrogens with one attached hydrogen (secondary N) is 1. The van der Waals surface area contributed by atoms with Crippen molar-refractivity contribution >= 4 is 17.7 Å². The van der Waals surface area contributed by atoms with Gasteiger partial charge in [-0.1, -0.05) is 6.07 Å². The summed E-state index contributed by atoms with van der Waals surface area (Å²) in [6.45, 7) is 6.18. The van der Waals surface area contributed by atoms with Crippen LogP contribution >= 0.6 is 0 Å². The first-order chi connectivity index (χ1) is 11.2. The lowest BCUT2D eigenvalue weighted by atomic mass is 9.89. The first kappa shape index (κ1) is 18.1. The molecule has 1 N–H and O–H groups in total. The summed E-state index contributed by atoms with van der Waals surface area (Å²) in [6, 6.07) is 5.61. The molecule has 6 nitrogen and oxygen atoms in total. The molecule has 1 saturated heterocycles. The number of carbonyl (C=O) groups is 2. The highest BCUT2D eigenvalue weighted by Crippen LogP contribution is 2.34. The van der Waals surface area contributed by atoms with E-state index in [2.05, 4.69) is 5.32 Å². The Hall–Kier alpha value is -2.24. The van der Waals surface area contributed by atoms with Crippen LogP contribution in [0.4, 0.5) is 10.5 Å². The first-order valence-electron chi connectivity index (χ1n) is 8.11. The van der Waals surface area contributed by atoms with Crippen molar-refractivity contribution in [2.45, 2.75) is 45.1 Å². The third-order valence-electron chi connectivity index (χ3n) is 3.99. The van der Waals surface area contributed by atoms with Gasteiger partial charge in [0, 0.05) is 20.0 Å². The average Bonchev–Trinajstić information content (AvgIpc) is 2.48. The van der Waals surface area contributed by atoms with Crippen molar-refractivity contribution in [1.29, 1.82) is 0 Å². The number of piperidine rings is 1. The maximum Gasteiger partial charge on any atom is 0.412 e. The summed E-state index contributed by atoms with van der Waals surface area (Å²) in [6.07, 6.45) is 0.894. The van der Waals surface area contributed by atoms with E-state index in [-0.39, 0.29) is 11.8 Å². The summed E-state index contributed by atoms with van der Waals surface area (Å²) in [5.74, 6) is 0.893. The van der Waals surface area contributed by atoms with Crippen molar-refractivity contribution in [3.05, 3.63) is 23.8 Å². The van der Waals surface area contributed by atoms with E-state index in [1.165, 1.54) is 0 Å². The quantitative estimate of drug-likeness (QED) is 0.920. The summed E-state index contributed by atoms with van der Waals surface area (Å²) in [4.78, 5) is 25.6. The van der Waals surface area contributed by atoms with E-state index >= 15 is 0 Å². The lowest BCUT2D eigenvalue weighted by molar-refractivity contribution is -0.132. The number of hydrogen-bond acceptors (Lipinski definition) is 4. The van der Waals surface area contributed by atoms with Crippen LogP contribution in [0.2, 0.25) is 0 Å². The van der Waals surface area contributed by atoms with Gasteiger partial charge in [-0.05, 0) is 50.8 Å². The highest BCUT2D eigenvalue weighted by atomic mass is 16.6. The molecule has 1 aromatic rings. The van der Waals surface area contributed by atoms with Crippen molar-refractivity contribution in [3.63, 3.8) is 0 Å². The molecule has 0 aliphatic carbocycles. The molecule has 0 spiro atoms. The normalized spacial score (nSPS) is 18.3. The van der Waals surface area contributed by atoms with Crippen LogP contribution in [-0.4, -0.2) is 43.2 Å². The lowest BCUT2D eigenvalue weighted by Crippen LogP contribution is -2.34. The average molecular weight is 334 g/mol. The van der Waals surface area contributed by atoms with Crippen LogP contribution in [-0.2, 0) is 9.53 Å². The molecule has 0 bridgehead atoms. The Kier molecular flexibility index (Phi) is 5.36. The van der Waals surface area contributed by atoms with Crippen LogP contribution in [0.25, 0.3) is 0 Å². The molecule has 1 aromatic carbocycles. The molecular weight excluding hydrogens is 308 g/mol. The van der Waals surface area contributed by atoms with Gasteiger partial charge in [-0.2, -0.15) is 0 Å². The standard InChI is InChI=1S/C18H26N2O4/c1-18(2,3)24-17(22)19-14-7-6-12(10-15(14)23-5)13-8-9-20(4)16(21)11-13/h6-7,10,13H,8-9,11H2,1-5H3,(H,19,22). The molecule has 0 saturated carbocycles. The summed E-state index contributed by atoms with van der Waals surface area (Å²) < 4.78 is 10.6. The molecule has 6 heteroatoms. The minimum absolute atomic E-state index is 0.154. The summed E-state index contributed by atoms with van der Waals surface area (Å²) in [5, 5.41) is 2.70. The molecule has 24 heavy (non-hydrogen) atoms. The van der Waals surface area contributed by atoms with E-state index in [4.69, 9.17) is 9.47 Å². The number of anilines is 1. The van der Waals surface area contributed by atoms with E-state index < -0.39 is 11.7 Å². The van der Waals surface area contributed by atoms with E-state index in [0.717, 1.165) is 18.5 Å². The highest BCUT2D eigenvalue weighted by molar-refractivity contribution is 5.87. The maximum absolute atomic E-state index is 11.9. The molecule has 0 radical (unpaired) electrons. The molecule has 1 unspecified atom stereocenters. The molecule has 1 atom stereocenters. The molecular formula is C18H26N2O4. The zero-order chi connectivity index (χ0) is 17.9. The number of nitrogens with zero attached hydrogens (tertiary/aromatic N) is 1. The lowest BCUT2D eigenvalue weighted by Gasteiger charge is -2.29. The van der Waals surface area contributed by atoms with Crippen LogP contribution in [0.5, 0.6) is 5.75 Å². The predicted molar refractivity (Wildman–Crippen MR) is 92.5 cm³/mol. The third kappa shape index (κ3) is 4.63. The molecule has 1 aliphatic heterocycles. The number of methoxy groups -OCH3 is 1. The van der Waals surface area contributed by atoms with E-state index in [1.807, 2.05) is 40.0 Å². The summed E-state index contributed by atoms with van der Waals surface area (Å²) >= 11 is 0. The Morgan fingerprint density at radius 3 is 2.62 bits per heavy atom. The van der Waals surface area contributed by atoms with Crippen LogP contribution in [0.1, 0.15) is 45.1 Å². The molecule has 2 amide bonds. The van der Waals surface area contributed by atoms with Crippen molar-refractivity contribution < 1.29 is 19.1 Å². The second-order valence-electron chi connectivity index (χ2n) is 7.09. The van der Waals surface area contributed by atoms with E-state index in [1.54, 1.807) is 18.1 Å². The van der Waals surface area contributed by atoms with E-state index in [9.17, 15) is 9.59 Å². The maximum atomic E-state index is 11.9. The number of rotatable bonds is 3. The summed E-state index contributed by atoms with van der Waals surface area (Å²) in [7, 11) is 3.38. The van der Waals surface area contributed by atoms with Gasteiger partial charge in [-0.25, -0.2) is 4.79 Å². The van der Waals surface area contributed by atoms with Crippen molar-refractivity contribution in [2.24, 2.45) is 0 Å². The Labute approximate surface area is 143 Å². The second-order valence-corrected chi connectivity index (χ2v) is 7.09. The fourth-order valence-corrected chi connectivity index (χ4v) is 2.71. The zero-order valence-corrected chi connectivity index (χ0v) is 15.0. The number of likely N-dealkylation sites (tertiary alicyclic amines) is 1. The monoisotopic (exact) mass is 334 g/mol. The molecule has 1 aliphatic rings. The smallest absolute Gasteiger partial charge is 0.412 e. The van der Waals surface area contributed by atoms with Crippen LogP contribution < -0.4 is 10.1 Å². The number of carbonyl (C=O) groups excluding carboxylic acids is 2. The fourth-order valence-electron chi connectivity index (χ4n) is 2.71. The van der Waals surface area contributed by atoms with Gasteiger partial charge in [-0.3, -0.25) is 10.1 Å². The number of amides is 2. The molecule has 2 rings (SSSR count). The number of ether oxygens (including phenoxy) is 2. The minimum Gasteiger partial charge on any atom is -0.495 e. The Morgan fingerprint density at radius 2 is 2.04 bits per heavy atom. The van der Waals surface area contributed by atoms with Crippen molar-refractivity contribution in [1.82, 2.24) is 4.90 Å². The topological polar surface area (TPSA) is 67.9 Å². The molecule has 1 heterocycles. The fraction of sp³-hybridized carbons (Fsp3) is 0.556. The molecule has 132 valence electrons. The predicted octanol–water partition coefficient (Wildman–Crippen LogP) is 3.38. The Bertz CT molecular complexity index is 622. The van der Waals surface area contributed by atoms with Gasteiger partial charge in [0.15, 0.2) is 0 Å². The van der Waals surface area contributed by atoms with Gasteiger partial charge in [0.2, 0.25) is 5.91 Å². The first-order valence-corrected chi connectivity index (χ1v) is 8.11. The van der Waals surface area contributed by atoms with E-state index in [0.29, 0.717) is 17.9 Å². The molecule has 0 aromatic heterocycles. The van der Waals surface area contributed by atoms with Gasteiger partial charge in [0.05, 0.1) is 12.8 Å². The van der Waals surface area contributed by atoms with Crippen LogP contribution in [0.15, 0.2) is 18.2 Å². The highest BCUT2D eigenvalue weighted by Gasteiger charge is 2.25. The van der Waals surface area contributed by atoms with Gasteiger partial charge < -0.3 is 14.4 Å². The third-order valence-corrected chi connectivity index (χ3v) is 3.99. The van der Waals surface area contributed by atoms with Gasteiger partial charge in [-0.15, -0.1) is 0 Å². The Morgan fingerprint density at radius 1 is 1.33 bits per heavy atom. The van der Waals surface area contributed by atoms with Crippen molar-refractivity contribution in [3.8, 4) is 5.75 Å². The zero-order valence-electron chi connectivity index (χ0n) is 15.0. The SMILES string of the molecule is COc1cc(C2CCN(C)C(=O)C2)ccc1NC(=O)OC(C)(C)C. The number of benzene rings is 1.